The van der Waals surface area contributed by atoms with Gasteiger partial charge in [-0.3, -0.25) is 4.79 Å². The number of pyridine rings is 1. The molecule has 0 fully saturated rings. The fourth-order valence-corrected chi connectivity index (χ4v) is 2.80. The van der Waals surface area contributed by atoms with Crippen LogP contribution >= 0.6 is 0 Å². The van der Waals surface area contributed by atoms with E-state index < -0.39 is 0 Å². The molecule has 24 heavy (non-hydrogen) atoms. The molecule has 0 aliphatic rings. The van der Waals surface area contributed by atoms with Crippen LogP contribution in [0.25, 0.3) is 0 Å². The summed E-state index contributed by atoms with van der Waals surface area (Å²) >= 11 is 0. The average Bonchev–Trinajstić information content (AvgIpc) is 2.61. The van der Waals surface area contributed by atoms with Gasteiger partial charge in [0.1, 0.15) is 0 Å². The maximum atomic E-state index is 12.4. The second kappa shape index (κ2) is 7.64. The van der Waals surface area contributed by atoms with Crippen molar-refractivity contribution in [2.24, 2.45) is 0 Å². The Morgan fingerprint density at radius 2 is 1.50 bits per heavy atom. The molecular formula is C21H22N2O. The molecule has 3 heteroatoms. The number of benzene rings is 2. The van der Waals surface area contributed by atoms with Gasteiger partial charge in [0.2, 0.25) is 0 Å². The first-order valence-electron chi connectivity index (χ1n) is 8.25. The zero-order chi connectivity index (χ0) is 16.8. The minimum atomic E-state index is 0.0430. The van der Waals surface area contributed by atoms with Crippen LogP contribution in [-0.4, -0.2) is 4.57 Å². The topological polar surface area (TPSA) is 34.0 Å². The Kier molecular flexibility index (Phi) is 5.12. The molecule has 1 N–H and O–H groups in total. The van der Waals surface area contributed by atoms with Gasteiger partial charge in [0.15, 0.2) is 0 Å². The molecule has 1 aromatic heterocycles. The number of nitrogens with one attached hydrogen (secondary N) is 1. The second-order valence-corrected chi connectivity index (χ2v) is 5.95. The van der Waals surface area contributed by atoms with E-state index in [1.165, 1.54) is 11.1 Å². The lowest BCUT2D eigenvalue weighted by Crippen LogP contribution is -2.23. The minimum Gasteiger partial charge on any atom is -0.381 e. The van der Waals surface area contributed by atoms with Crippen LogP contribution in [0, 0.1) is 6.92 Å². The summed E-state index contributed by atoms with van der Waals surface area (Å²) in [5.41, 5.74) is 4.34. The van der Waals surface area contributed by atoms with Gasteiger partial charge in [0.05, 0.1) is 0 Å². The van der Waals surface area contributed by atoms with Gasteiger partial charge in [-0.05, 0) is 30.5 Å². The Hall–Kier alpha value is -2.81. The third-order valence-electron chi connectivity index (χ3n) is 4.14. The van der Waals surface area contributed by atoms with Crippen LogP contribution < -0.4 is 10.9 Å². The number of nitrogens with zero attached hydrogens (tertiary/aromatic N) is 1. The van der Waals surface area contributed by atoms with Crippen LogP contribution in [0.1, 0.15) is 16.8 Å². The molecule has 0 radical (unpaired) electrons. The number of aromatic nitrogens is 1. The SMILES string of the molecule is Cc1cc(NCc2ccccc2)cc(=O)n1CCc1ccccc1. The van der Waals surface area contributed by atoms with E-state index in [0.29, 0.717) is 13.1 Å². The Morgan fingerprint density at radius 1 is 0.875 bits per heavy atom. The van der Waals surface area contributed by atoms with E-state index in [1.807, 2.05) is 54.0 Å². The smallest absolute Gasteiger partial charge is 0.252 e. The molecule has 1 heterocycles. The normalized spacial score (nSPS) is 10.5. The summed E-state index contributed by atoms with van der Waals surface area (Å²) < 4.78 is 1.83. The predicted octanol–water partition coefficient (Wildman–Crippen LogP) is 4.01. The Labute approximate surface area is 142 Å². The zero-order valence-electron chi connectivity index (χ0n) is 13.9. The molecule has 0 aliphatic heterocycles. The van der Waals surface area contributed by atoms with Crippen molar-refractivity contribution in [3.8, 4) is 0 Å². The van der Waals surface area contributed by atoms with Crippen LogP contribution in [0.4, 0.5) is 5.69 Å². The summed E-state index contributed by atoms with van der Waals surface area (Å²) in [6.07, 6.45) is 0.860. The van der Waals surface area contributed by atoms with E-state index in [2.05, 4.69) is 29.6 Å². The van der Waals surface area contributed by atoms with Crippen molar-refractivity contribution in [1.82, 2.24) is 4.57 Å². The first kappa shape index (κ1) is 16.1. The van der Waals surface area contributed by atoms with Gasteiger partial charge >= 0.3 is 0 Å². The highest BCUT2D eigenvalue weighted by Crippen LogP contribution is 2.10. The molecule has 0 saturated heterocycles. The van der Waals surface area contributed by atoms with Crippen LogP contribution in [0.2, 0.25) is 0 Å². The van der Waals surface area contributed by atoms with Gasteiger partial charge in [-0.1, -0.05) is 60.7 Å². The van der Waals surface area contributed by atoms with Gasteiger partial charge in [-0.25, -0.2) is 0 Å². The number of anilines is 1. The molecule has 3 rings (SSSR count). The van der Waals surface area contributed by atoms with E-state index in [4.69, 9.17) is 0 Å². The van der Waals surface area contributed by atoms with Gasteiger partial charge in [0.25, 0.3) is 5.56 Å². The second-order valence-electron chi connectivity index (χ2n) is 5.95. The molecular weight excluding hydrogens is 296 g/mol. The summed E-state index contributed by atoms with van der Waals surface area (Å²) in [5.74, 6) is 0. The van der Waals surface area contributed by atoms with Crippen LogP contribution in [0.5, 0.6) is 0 Å². The number of rotatable bonds is 6. The van der Waals surface area contributed by atoms with Crippen molar-refractivity contribution in [1.29, 1.82) is 0 Å². The molecule has 3 nitrogen and oxygen atoms in total. The number of aryl methyl sites for hydroxylation is 2. The van der Waals surface area contributed by atoms with Gasteiger partial charge in [0, 0.05) is 30.5 Å². The largest absolute Gasteiger partial charge is 0.381 e. The monoisotopic (exact) mass is 318 g/mol. The summed E-state index contributed by atoms with van der Waals surface area (Å²) in [4.78, 5) is 12.4. The Balaban J connectivity index is 1.68. The van der Waals surface area contributed by atoms with E-state index >= 15 is 0 Å². The fourth-order valence-electron chi connectivity index (χ4n) is 2.80. The summed E-state index contributed by atoms with van der Waals surface area (Å²) in [7, 11) is 0. The summed E-state index contributed by atoms with van der Waals surface area (Å²) in [6, 6.07) is 24.1. The van der Waals surface area contributed by atoms with Crippen molar-refractivity contribution in [3.63, 3.8) is 0 Å². The van der Waals surface area contributed by atoms with Gasteiger partial charge in [-0.2, -0.15) is 0 Å². The lowest BCUT2D eigenvalue weighted by atomic mass is 10.1. The highest BCUT2D eigenvalue weighted by molar-refractivity contribution is 5.44. The number of hydrogen-bond acceptors (Lipinski definition) is 2. The molecule has 0 unspecified atom stereocenters. The zero-order valence-corrected chi connectivity index (χ0v) is 13.9. The molecule has 0 bridgehead atoms. The van der Waals surface area contributed by atoms with E-state index in [9.17, 15) is 4.79 Å². The number of hydrogen-bond donors (Lipinski definition) is 1. The van der Waals surface area contributed by atoms with Crippen molar-refractivity contribution >= 4 is 5.69 Å². The quantitative estimate of drug-likeness (QED) is 0.745. The molecule has 0 amide bonds. The highest BCUT2D eigenvalue weighted by atomic mass is 16.1. The van der Waals surface area contributed by atoms with E-state index in [0.717, 1.165) is 17.8 Å². The molecule has 0 aliphatic carbocycles. The van der Waals surface area contributed by atoms with Gasteiger partial charge in [-0.15, -0.1) is 0 Å². The standard InChI is InChI=1S/C21H22N2O/c1-17-14-20(22-16-19-10-6-3-7-11-19)15-21(24)23(17)13-12-18-8-4-2-5-9-18/h2-11,14-15,22H,12-13,16H2,1H3. The molecule has 122 valence electrons. The molecule has 0 saturated carbocycles. The van der Waals surface area contributed by atoms with Crippen molar-refractivity contribution < 1.29 is 0 Å². The lowest BCUT2D eigenvalue weighted by Gasteiger charge is -2.13. The highest BCUT2D eigenvalue weighted by Gasteiger charge is 2.04. The van der Waals surface area contributed by atoms with Crippen LogP contribution in [-0.2, 0) is 19.5 Å². The predicted molar refractivity (Wildman–Crippen MR) is 99.4 cm³/mol. The first-order chi connectivity index (χ1) is 11.7. The van der Waals surface area contributed by atoms with Crippen molar-refractivity contribution in [3.05, 3.63) is 100.0 Å². The summed E-state index contributed by atoms with van der Waals surface area (Å²) in [5, 5.41) is 3.33. The van der Waals surface area contributed by atoms with Crippen molar-refractivity contribution in [2.45, 2.75) is 26.4 Å². The average molecular weight is 318 g/mol. The van der Waals surface area contributed by atoms with Gasteiger partial charge < -0.3 is 9.88 Å². The lowest BCUT2D eigenvalue weighted by molar-refractivity contribution is 0.649. The minimum absolute atomic E-state index is 0.0430. The molecule has 3 aromatic rings. The van der Waals surface area contributed by atoms with E-state index in [-0.39, 0.29) is 5.56 Å². The fraction of sp³-hybridized carbons (Fsp3) is 0.190. The Bertz CT molecular complexity index is 839. The van der Waals surface area contributed by atoms with Crippen LogP contribution in [0.15, 0.2) is 77.6 Å². The third-order valence-corrected chi connectivity index (χ3v) is 4.14. The maximum Gasteiger partial charge on any atom is 0.252 e. The third kappa shape index (κ3) is 4.13. The molecule has 0 spiro atoms. The summed E-state index contributed by atoms with van der Waals surface area (Å²) in [6.45, 7) is 3.40. The maximum absolute atomic E-state index is 12.4. The first-order valence-corrected chi connectivity index (χ1v) is 8.25. The Morgan fingerprint density at radius 3 is 2.12 bits per heavy atom. The molecule has 2 aromatic carbocycles. The molecule has 0 atom stereocenters. The van der Waals surface area contributed by atoms with Crippen molar-refractivity contribution in [2.75, 3.05) is 5.32 Å². The van der Waals surface area contributed by atoms with E-state index in [1.54, 1.807) is 6.07 Å². The van der Waals surface area contributed by atoms with Crippen LogP contribution in [0.3, 0.4) is 0 Å².